The van der Waals surface area contributed by atoms with E-state index in [1.807, 2.05) is 6.08 Å². The number of amides is 4. The Kier molecular flexibility index (Phi) is 5.37. The van der Waals surface area contributed by atoms with Gasteiger partial charge in [-0.05, 0) is 55.5 Å². The number of rotatable bonds is 2. The van der Waals surface area contributed by atoms with E-state index in [1.54, 1.807) is 25.1 Å². The first-order valence-electron chi connectivity index (χ1n) is 12.3. The summed E-state index contributed by atoms with van der Waals surface area (Å²) in [4.78, 5) is 52.2. The van der Waals surface area contributed by atoms with Crippen molar-refractivity contribution in [1.29, 1.82) is 0 Å². The van der Waals surface area contributed by atoms with Crippen molar-refractivity contribution in [3.63, 3.8) is 0 Å². The Morgan fingerprint density at radius 3 is 2.34 bits per heavy atom. The van der Waals surface area contributed by atoms with Gasteiger partial charge in [-0.2, -0.15) is 0 Å². The lowest BCUT2D eigenvalue weighted by atomic mass is 9.56. The second kappa shape index (κ2) is 8.13. The quantitative estimate of drug-likeness (QED) is 0.342. The van der Waals surface area contributed by atoms with Gasteiger partial charge in [-0.15, -0.1) is 23.2 Å². The highest BCUT2D eigenvalue weighted by molar-refractivity contribution is 6.58. The van der Waals surface area contributed by atoms with E-state index in [4.69, 9.17) is 23.2 Å². The first kappa shape index (κ1) is 25.1. The summed E-state index contributed by atoms with van der Waals surface area (Å²) in [7, 11) is 1.43. The molecule has 0 spiro atoms. The van der Waals surface area contributed by atoms with Crippen LogP contribution in [0.4, 0.5) is 10.1 Å². The molecule has 1 N–H and O–H groups in total. The third-order valence-electron chi connectivity index (χ3n) is 8.70. The summed E-state index contributed by atoms with van der Waals surface area (Å²) >= 11 is 14.4. The van der Waals surface area contributed by atoms with Gasteiger partial charge in [0.05, 0.1) is 17.5 Å². The number of hydrogen-bond acceptors (Lipinski definition) is 5. The van der Waals surface area contributed by atoms with Gasteiger partial charge in [0.1, 0.15) is 11.6 Å². The van der Waals surface area contributed by atoms with Gasteiger partial charge >= 0.3 is 0 Å². The first-order valence-corrected chi connectivity index (χ1v) is 13.0. The topological polar surface area (TPSA) is 95.0 Å². The van der Waals surface area contributed by atoms with Crippen molar-refractivity contribution in [2.24, 2.45) is 17.8 Å². The van der Waals surface area contributed by atoms with Crippen molar-refractivity contribution in [3.05, 3.63) is 71.1 Å². The number of likely N-dealkylation sites (tertiary alicyclic amines) is 1. The number of halogens is 3. The van der Waals surface area contributed by atoms with E-state index in [-0.39, 0.29) is 36.1 Å². The van der Waals surface area contributed by atoms with Crippen LogP contribution in [-0.2, 0) is 19.2 Å². The van der Waals surface area contributed by atoms with Gasteiger partial charge in [-0.1, -0.05) is 29.8 Å². The average Bonchev–Trinajstić information content (AvgIpc) is 3.20. The lowest BCUT2D eigenvalue weighted by Crippen LogP contribution is -2.60. The molecule has 38 heavy (non-hydrogen) atoms. The molecule has 7 nitrogen and oxygen atoms in total. The summed E-state index contributed by atoms with van der Waals surface area (Å²) in [5, 5.41) is 11.1. The van der Waals surface area contributed by atoms with Crippen molar-refractivity contribution in [1.82, 2.24) is 4.90 Å². The van der Waals surface area contributed by atoms with Crippen molar-refractivity contribution in [2.75, 3.05) is 11.9 Å². The molecule has 2 aliphatic carbocycles. The molecular weight excluding hydrogens is 534 g/mol. The largest absolute Gasteiger partial charge is 0.507 e. The van der Waals surface area contributed by atoms with Crippen LogP contribution in [0.15, 0.2) is 54.1 Å². The molecule has 2 heterocycles. The summed E-state index contributed by atoms with van der Waals surface area (Å²) in [6.45, 7) is 1.69. The summed E-state index contributed by atoms with van der Waals surface area (Å²) in [6, 6.07) is 9.84. The molecule has 4 amide bonds. The van der Waals surface area contributed by atoms with E-state index >= 15 is 0 Å². The van der Waals surface area contributed by atoms with Crippen LogP contribution in [0.25, 0.3) is 0 Å². The number of anilines is 1. The molecule has 0 unspecified atom stereocenters. The summed E-state index contributed by atoms with van der Waals surface area (Å²) in [5.74, 6) is -6.07. The van der Waals surface area contributed by atoms with Gasteiger partial charge < -0.3 is 5.11 Å². The van der Waals surface area contributed by atoms with Crippen LogP contribution in [-0.4, -0.2) is 50.4 Å². The van der Waals surface area contributed by atoms with Gasteiger partial charge in [0.15, 0.2) is 9.75 Å². The van der Waals surface area contributed by atoms with E-state index in [0.717, 1.165) is 21.9 Å². The van der Waals surface area contributed by atoms with Crippen molar-refractivity contribution < 1.29 is 28.7 Å². The fourth-order valence-corrected chi connectivity index (χ4v) is 7.74. The van der Waals surface area contributed by atoms with Crippen LogP contribution in [0.2, 0.25) is 0 Å². The minimum atomic E-state index is -2.07. The van der Waals surface area contributed by atoms with E-state index in [2.05, 4.69) is 0 Å². The van der Waals surface area contributed by atoms with E-state index in [9.17, 15) is 28.7 Å². The van der Waals surface area contributed by atoms with Crippen molar-refractivity contribution >= 4 is 52.5 Å². The number of aromatic hydroxyl groups is 1. The number of nitrogens with zero attached hydrogens (tertiary/aromatic N) is 2. The number of benzene rings is 2. The summed E-state index contributed by atoms with van der Waals surface area (Å²) in [5.41, 5.74) is 1.52. The zero-order valence-corrected chi connectivity index (χ0v) is 22.0. The second-order valence-corrected chi connectivity index (χ2v) is 11.7. The lowest BCUT2D eigenvalue weighted by molar-refractivity contribution is -0.138. The zero-order chi connectivity index (χ0) is 27.3. The highest BCUT2D eigenvalue weighted by Gasteiger charge is 2.76. The SMILES string of the molecule is Cc1cccc([C@H]2C3=CC[C@@H]4C(=O)N(C)C(=O)[C@@H]4[C@@H]3C[C@@]3(Cl)C(=O)N(c4ccc(F)cc4)C(=O)[C@@]23Cl)c1O. The van der Waals surface area contributed by atoms with Crippen LogP contribution < -0.4 is 4.90 Å². The number of aryl methyl sites for hydroxylation is 1. The Morgan fingerprint density at radius 1 is 0.974 bits per heavy atom. The minimum Gasteiger partial charge on any atom is -0.507 e. The Hall–Kier alpha value is -3.23. The standard InChI is InChI=1S/C28H23Cl2FN2O5/c1-13-4-3-5-18(22(13)34)21-16-10-11-17-20(24(36)32(2)23(17)35)19(16)12-27(29)25(37)33(26(38)28(21,27)30)15-8-6-14(31)7-9-15/h3-10,17,19-21,34H,11-12H2,1-2H3/t17-,19+,20-,21+,27+,28-/m0/s1. The average molecular weight is 557 g/mol. The number of allylic oxidation sites excluding steroid dienone is 2. The van der Waals surface area contributed by atoms with Crippen LogP contribution in [0.3, 0.4) is 0 Å². The van der Waals surface area contributed by atoms with Crippen LogP contribution >= 0.6 is 23.2 Å². The lowest BCUT2D eigenvalue weighted by Gasteiger charge is -2.50. The van der Waals surface area contributed by atoms with Gasteiger partial charge in [0.25, 0.3) is 11.8 Å². The van der Waals surface area contributed by atoms with Gasteiger partial charge in [0, 0.05) is 18.5 Å². The molecule has 2 aromatic rings. The van der Waals surface area contributed by atoms with E-state index in [0.29, 0.717) is 16.7 Å². The predicted molar refractivity (Wildman–Crippen MR) is 137 cm³/mol. The molecule has 196 valence electrons. The highest BCUT2D eigenvalue weighted by atomic mass is 35.5. The number of hydrogen-bond donors (Lipinski definition) is 1. The molecule has 10 heteroatoms. The van der Waals surface area contributed by atoms with Gasteiger partial charge in [-0.3, -0.25) is 24.1 Å². The normalized spacial score (nSPS) is 34.3. The highest BCUT2D eigenvalue weighted by Crippen LogP contribution is 2.66. The summed E-state index contributed by atoms with van der Waals surface area (Å²) in [6.07, 6.45) is 1.89. The molecule has 0 radical (unpaired) electrons. The Bertz CT molecular complexity index is 1480. The molecule has 3 fully saturated rings. The third-order valence-corrected chi connectivity index (χ3v) is 10.1. The molecule has 0 aromatic heterocycles. The molecule has 2 aromatic carbocycles. The predicted octanol–water partition coefficient (Wildman–Crippen LogP) is 4.03. The molecule has 4 aliphatic rings. The molecule has 6 rings (SSSR count). The fraction of sp³-hybridized carbons (Fsp3) is 0.357. The number of phenols is 1. The monoisotopic (exact) mass is 556 g/mol. The van der Waals surface area contributed by atoms with Crippen LogP contribution in [0.1, 0.15) is 29.9 Å². The zero-order valence-electron chi connectivity index (χ0n) is 20.5. The molecule has 6 atom stereocenters. The number of para-hydroxylation sites is 1. The number of phenolic OH excluding ortho intramolecular Hbond substituents is 1. The number of carbonyl (C=O) groups excluding carboxylic acids is 4. The Balaban J connectivity index is 1.60. The number of carbonyl (C=O) groups is 4. The maximum atomic E-state index is 14.2. The van der Waals surface area contributed by atoms with E-state index in [1.165, 1.54) is 19.2 Å². The van der Waals surface area contributed by atoms with Gasteiger partial charge in [-0.25, -0.2) is 9.29 Å². The van der Waals surface area contributed by atoms with E-state index < -0.39 is 51.1 Å². The second-order valence-electron chi connectivity index (χ2n) is 10.5. The molecule has 0 bridgehead atoms. The third kappa shape index (κ3) is 2.96. The van der Waals surface area contributed by atoms with Crippen LogP contribution in [0.5, 0.6) is 5.75 Å². The maximum absolute atomic E-state index is 14.2. The van der Waals surface area contributed by atoms with Gasteiger partial charge in [0.2, 0.25) is 11.8 Å². The van der Waals surface area contributed by atoms with Crippen molar-refractivity contribution in [3.8, 4) is 5.75 Å². The number of fused-ring (bicyclic) bond motifs is 4. The van der Waals surface area contributed by atoms with Crippen LogP contribution in [0, 0.1) is 30.5 Å². The Labute approximate surface area is 227 Å². The smallest absolute Gasteiger partial charge is 0.258 e. The fourth-order valence-electron chi connectivity index (χ4n) is 6.82. The molecule has 2 saturated heterocycles. The minimum absolute atomic E-state index is 0.102. The summed E-state index contributed by atoms with van der Waals surface area (Å²) < 4.78 is 13.7. The first-order chi connectivity index (χ1) is 17.9. The molecule has 1 saturated carbocycles. The maximum Gasteiger partial charge on any atom is 0.258 e. The molecule has 2 aliphatic heterocycles. The van der Waals surface area contributed by atoms with Crippen molar-refractivity contribution in [2.45, 2.75) is 35.4 Å². The molecular formula is C28H23Cl2FN2O5. The number of imide groups is 2. The number of alkyl halides is 2. The Morgan fingerprint density at radius 2 is 1.66 bits per heavy atom.